The van der Waals surface area contributed by atoms with Gasteiger partial charge in [-0.2, -0.15) is 0 Å². The SMILES string of the molecule is c1ccc(-c2ncc(-n3c4ccccc4c4sc5c6ccccc6ccc5c43)c(-c3ccccc3)n2)cc1. The molecule has 0 atom stereocenters. The maximum absolute atomic E-state index is 5.17. The quantitative estimate of drug-likeness (QED) is 0.240. The second kappa shape index (κ2) is 8.37. The van der Waals surface area contributed by atoms with E-state index in [-0.39, 0.29) is 0 Å². The summed E-state index contributed by atoms with van der Waals surface area (Å²) in [7, 11) is 0. The molecule has 3 nitrogen and oxygen atoms in total. The molecular weight excluding hydrogens is 482 g/mol. The Kier molecular flexibility index (Phi) is 4.69. The first-order valence-electron chi connectivity index (χ1n) is 12.7. The van der Waals surface area contributed by atoms with E-state index in [1.54, 1.807) is 0 Å². The smallest absolute Gasteiger partial charge is 0.159 e. The molecule has 0 aliphatic heterocycles. The molecule has 0 spiro atoms. The van der Waals surface area contributed by atoms with Crippen LogP contribution in [0.3, 0.4) is 0 Å². The lowest BCUT2D eigenvalue weighted by atomic mass is 10.1. The van der Waals surface area contributed by atoms with Crippen LogP contribution in [0, 0.1) is 0 Å². The van der Waals surface area contributed by atoms with Gasteiger partial charge in [0.15, 0.2) is 5.82 Å². The summed E-state index contributed by atoms with van der Waals surface area (Å²) in [5, 5.41) is 5.06. The normalized spacial score (nSPS) is 11.7. The minimum Gasteiger partial charge on any atom is -0.304 e. The van der Waals surface area contributed by atoms with Crippen molar-refractivity contribution < 1.29 is 0 Å². The molecule has 8 rings (SSSR count). The van der Waals surface area contributed by atoms with Crippen molar-refractivity contribution in [3.05, 3.63) is 128 Å². The summed E-state index contributed by atoms with van der Waals surface area (Å²) < 4.78 is 4.98. The van der Waals surface area contributed by atoms with E-state index < -0.39 is 0 Å². The zero-order valence-electron chi connectivity index (χ0n) is 20.4. The second-order valence-electron chi connectivity index (χ2n) is 9.46. The molecule has 0 aliphatic rings. The van der Waals surface area contributed by atoms with Crippen LogP contribution >= 0.6 is 11.3 Å². The first-order valence-corrected chi connectivity index (χ1v) is 13.5. The van der Waals surface area contributed by atoms with Gasteiger partial charge < -0.3 is 4.57 Å². The van der Waals surface area contributed by atoms with Gasteiger partial charge in [-0.3, -0.25) is 0 Å². The summed E-state index contributed by atoms with van der Waals surface area (Å²) in [5.41, 5.74) is 6.35. The Hall–Kier alpha value is -4.80. The number of thiophene rings is 1. The Balaban J connectivity index is 1.51. The molecule has 0 radical (unpaired) electrons. The van der Waals surface area contributed by atoms with Gasteiger partial charge in [-0.25, -0.2) is 9.97 Å². The fourth-order valence-corrected chi connectivity index (χ4v) is 6.88. The van der Waals surface area contributed by atoms with Crippen LogP contribution in [0.15, 0.2) is 128 Å². The Morgan fingerprint density at radius 2 is 1.24 bits per heavy atom. The summed E-state index contributed by atoms with van der Waals surface area (Å²) in [6.07, 6.45) is 1.99. The topological polar surface area (TPSA) is 30.7 Å². The first-order chi connectivity index (χ1) is 18.9. The molecule has 4 heteroatoms. The van der Waals surface area contributed by atoms with Crippen molar-refractivity contribution in [1.29, 1.82) is 0 Å². The Labute approximate surface area is 223 Å². The number of hydrogen-bond acceptors (Lipinski definition) is 3. The first kappa shape index (κ1) is 21.3. The average Bonchev–Trinajstić information content (AvgIpc) is 3.53. The predicted octanol–water partition coefficient (Wildman–Crippen LogP) is 9.28. The van der Waals surface area contributed by atoms with Crippen molar-refractivity contribution in [2.45, 2.75) is 0 Å². The van der Waals surface area contributed by atoms with Gasteiger partial charge in [0.2, 0.25) is 0 Å². The van der Waals surface area contributed by atoms with Crippen LogP contribution in [0.4, 0.5) is 0 Å². The summed E-state index contributed by atoms with van der Waals surface area (Å²) in [4.78, 5) is 10.1. The molecule has 0 saturated heterocycles. The fourth-order valence-electron chi connectivity index (χ4n) is 5.52. The summed E-state index contributed by atoms with van der Waals surface area (Å²) in [5.74, 6) is 0.724. The molecule has 8 aromatic rings. The van der Waals surface area contributed by atoms with Crippen LogP contribution in [0.5, 0.6) is 0 Å². The van der Waals surface area contributed by atoms with E-state index in [0.29, 0.717) is 0 Å². The fraction of sp³-hybridized carbons (Fsp3) is 0. The van der Waals surface area contributed by atoms with E-state index in [9.17, 15) is 0 Å². The second-order valence-corrected chi connectivity index (χ2v) is 10.5. The van der Waals surface area contributed by atoms with E-state index in [1.165, 1.54) is 36.5 Å². The summed E-state index contributed by atoms with van der Waals surface area (Å²) in [6, 6.07) is 42.5. The molecule has 0 unspecified atom stereocenters. The van der Waals surface area contributed by atoms with Gasteiger partial charge in [-0.1, -0.05) is 115 Å². The highest BCUT2D eigenvalue weighted by Crippen LogP contribution is 2.45. The van der Waals surface area contributed by atoms with E-state index >= 15 is 0 Å². The lowest BCUT2D eigenvalue weighted by Gasteiger charge is -2.14. The largest absolute Gasteiger partial charge is 0.304 e. The maximum Gasteiger partial charge on any atom is 0.159 e. The highest BCUT2D eigenvalue weighted by Gasteiger charge is 2.22. The number of rotatable bonds is 3. The van der Waals surface area contributed by atoms with Gasteiger partial charge in [0, 0.05) is 26.6 Å². The minimum atomic E-state index is 0.724. The van der Waals surface area contributed by atoms with E-state index in [2.05, 4.69) is 102 Å². The molecule has 178 valence electrons. The average molecular weight is 504 g/mol. The molecule has 0 N–H and O–H groups in total. The molecule has 0 fully saturated rings. The lowest BCUT2D eigenvalue weighted by molar-refractivity contribution is 1.09. The van der Waals surface area contributed by atoms with Gasteiger partial charge in [-0.15, -0.1) is 11.3 Å². The Bertz CT molecular complexity index is 2120. The zero-order valence-corrected chi connectivity index (χ0v) is 21.2. The lowest BCUT2D eigenvalue weighted by Crippen LogP contribution is -2.02. The molecule has 0 aliphatic carbocycles. The van der Waals surface area contributed by atoms with Crippen molar-refractivity contribution in [1.82, 2.24) is 14.5 Å². The number of hydrogen-bond donors (Lipinski definition) is 0. The molecule has 0 amide bonds. The third-order valence-electron chi connectivity index (χ3n) is 7.26. The molecule has 0 saturated carbocycles. The molecule has 0 bridgehead atoms. The van der Waals surface area contributed by atoms with Crippen LogP contribution in [0.1, 0.15) is 0 Å². The number of aromatic nitrogens is 3. The highest BCUT2D eigenvalue weighted by atomic mass is 32.1. The van der Waals surface area contributed by atoms with Crippen molar-refractivity contribution in [3.8, 4) is 28.3 Å². The van der Waals surface area contributed by atoms with Crippen LogP contribution in [-0.4, -0.2) is 14.5 Å². The number of fused-ring (bicyclic) bond motifs is 7. The van der Waals surface area contributed by atoms with Gasteiger partial charge in [0.1, 0.15) is 0 Å². The van der Waals surface area contributed by atoms with Gasteiger partial charge >= 0.3 is 0 Å². The highest BCUT2D eigenvalue weighted by molar-refractivity contribution is 7.27. The van der Waals surface area contributed by atoms with Crippen LogP contribution in [0.25, 0.3) is 70.3 Å². The predicted molar refractivity (Wildman–Crippen MR) is 160 cm³/mol. The van der Waals surface area contributed by atoms with E-state index in [1.807, 2.05) is 41.8 Å². The minimum absolute atomic E-state index is 0.724. The Morgan fingerprint density at radius 3 is 2.05 bits per heavy atom. The van der Waals surface area contributed by atoms with E-state index in [0.717, 1.165) is 33.8 Å². The summed E-state index contributed by atoms with van der Waals surface area (Å²) in [6.45, 7) is 0. The van der Waals surface area contributed by atoms with Crippen molar-refractivity contribution in [3.63, 3.8) is 0 Å². The van der Waals surface area contributed by atoms with Gasteiger partial charge in [-0.05, 0) is 16.8 Å². The molecule has 3 heterocycles. The number of benzene rings is 5. The maximum atomic E-state index is 5.17. The third-order valence-corrected chi connectivity index (χ3v) is 8.52. The van der Waals surface area contributed by atoms with Gasteiger partial charge in [0.05, 0.1) is 33.3 Å². The van der Waals surface area contributed by atoms with E-state index in [4.69, 9.17) is 9.97 Å². The molecule has 5 aromatic carbocycles. The zero-order chi connectivity index (χ0) is 25.1. The van der Waals surface area contributed by atoms with Crippen LogP contribution in [-0.2, 0) is 0 Å². The van der Waals surface area contributed by atoms with Crippen LogP contribution < -0.4 is 0 Å². The third kappa shape index (κ3) is 3.14. The molecular formula is C34H21N3S. The Morgan fingerprint density at radius 1 is 0.553 bits per heavy atom. The number of para-hydroxylation sites is 1. The van der Waals surface area contributed by atoms with Crippen molar-refractivity contribution >= 4 is 53.3 Å². The summed E-state index contributed by atoms with van der Waals surface area (Å²) >= 11 is 1.88. The van der Waals surface area contributed by atoms with Crippen molar-refractivity contribution in [2.75, 3.05) is 0 Å². The van der Waals surface area contributed by atoms with Crippen molar-refractivity contribution in [2.24, 2.45) is 0 Å². The standard InChI is InChI=1S/C34H21N3S/c1-3-12-23(13-4-1)30-29(21-35-34(36-30)24-14-5-2-6-15-24)37-28-18-10-9-17-26(28)33-31(37)27-20-19-22-11-7-8-16-25(22)32(27)38-33/h1-21H. The number of nitrogens with zero attached hydrogens (tertiary/aromatic N) is 3. The van der Waals surface area contributed by atoms with Crippen LogP contribution in [0.2, 0.25) is 0 Å². The monoisotopic (exact) mass is 503 g/mol. The van der Waals surface area contributed by atoms with Gasteiger partial charge in [0.25, 0.3) is 0 Å². The molecule has 38 heavy (non-hydrogen) atoms. The molecule has 3 aromatic heterocycles.